The van der Waals surface area contributed by atoms with E-state index in [1.165, 1.54) is 12.7 Å². The predicted octanol–water partition coefficient (Wildman–Crippen LogP) is 0.484. The lowest BCUT2D eigenvalue weighted by molar-refractivity contribution is -0.0230. The molecule has 0 spiro atoms. The molecule has 24 heavy (non-hydrogen) atoms. The van der Waals surface area contributed by atoms with Gasteiger partial charge in [0, 0.05) is 11.3 Å². The Kier molecular flexibility index (Phi) is 4.37. The largest absolute Gasteiger partial charge is 0.469 e. The van der Waals surface area contributed by atoms with Crippen LogP contribution >= 0.6 is 7.82 Å². The zero-order valence-electron chi connectivity index (χ0n) is 12.1. The summed E-state index contributed by atoms with van der Waals surface area (Å²) in [5, 5.41) is 3.59. The van der Waals surface area contributed by atoms with Crippen molar-refractivity contribution >= 4 is 24.8 Å². The van der Waals surface area contributed by atoms with Crippen molar-refractivity contribution in [1.29, 1.82) is 0 Å². The number of anilines is 1. The van der Waals surface area contributed by atoms with Crippen LogP contribution in [-0.2, 0) is 13.8 Å². The van der Waals surface area contributed by atoms with Gasteiger partial charge in [-0.3, -0.25) is 9.09 Å². The van der Waals surface area contributed by atoms with Crippen LogP contribution in [0.4, 0.5) is 5.82 Å². The SMILES string of the molecule is [N-]=[N+]=NC1C[C@H](n2cnc3c(N)ncnc32)O[C@@H]1COP(=O)(O)O. The van der Waals surface area contributed by atoms with E-state index in [4.69, 9.17) is 25.8 Å². The van der Waals surface area contributed by atoms with E-state index < -0.39 is 32.8 Å². The molecule has 1 aliphatic rings. The lowest BCUT2D eigenvalue weighted by atomic mass is 10.1. The first-order valence-corrected chi connectivity index (χ1v) is 8.25. The summed E-state index contributed by atoms with van der Waals surface area (Å²) in [6, 6.07) is -0.664. The second-order valence-corrected chi connectivity index (χ2v) is 6.25. The highest BCUT2D eigenvalue weighted by atomic mass is 31.2. The summed E-state index contributed by atoms with van der Waals surface area (Å²) in [4.78, 5) is 32.4. The molecule has 2 aromatic heterocycles. The van der Waals surface area contributed by atoms with Crippen molar-refractivity contribution in [2.24, 2.45) is 5.11 Å². The first-order valence-electron chi connectivity index (χ1n) is 6.72. The van der Waals surface area contributed by atoms with Crippen molar-refractivity contribution in [3.63, 3.8) is 0 Å². The average molecular weight is 356 g/mol. The number of aromatic nitrogens is 4. The number of hydrogen-bond acceptors (Lipinski definition) is 8. The molecule has 1 aliphatic heterocycles. The van der Waals surface area contributed by atoms with Crippen LogP contribution in [0.5, 0.6) is 0 Å². The number of nitrogens with two attached hydrogens (primary N) is 1. The third-order valence-electron chi connectivity index (χ3n) is 3.51. The molecule has 3 heterocycles. The van der Waals surface area contributed by atoms with Crippen LogP contribution in [-0.4, -0.2) is 48.1 Å². The molecule has 1 unspecified atom stereocenters. The summed E-state index contributed by atoms with van der Waals surface area (Å²) < 4.78 is 22.6. The van der Waals surface area contributed by atoms with E-state index in [9.17, 15) is 4.57 Å². The number of fused-ring (bicyclic) bond motifs is 1. The Labute approximate surface area is 134 Å². The van der Waals surface area contributed by atoms with Gasteiger partial charge in [-0.05, 0) is 5.53 Å². The molecule has 128 valence electrons. The fraction of sp³-hybridized carbons (Fsp3) is 0.500. The molecule has 1 saturated heterocycles. The fourth-order valence-corrected chi connectivity index (χ4v) is 2.82. The number of nitrogen functional groups attached to an aromatic ring is 1. The Morgan fingerprint density at radius 3 is 3.04 bits per heavy atom. The number of rotatable bonds is 5. The normalized spacial score (nSPS) is 24.2. The predicted molar refractivity (Wildman–Crippen MR) is 79.2 cm³/mol. The maximum atomic E-state index is 10.8. The van der Waals surface area contributed by atoms with E-state index in [1.807, 2.05) is 0 Å². The molecule has 2 aromatic rings. The van der Waals surface area contributed by atoms with Gasteiger partial charge in [0.05, 0.1) is 25.1 Å². The van der Waals surface area contributed by atoms with E-state index in [0.29, 0.717) is 11.2 Å². The Morgan fingerprint density at radius 1 is 1.54 bits per heavy atom. The highest BCUT2D eigenvalue weighted by molar-refractivity contribution is 7.46. The van der Waals surface area contributed by atoms with Crippen molar-refractivity contribution in [2.75, 3.05) is 12.3 Å². The maximum absolute atomic E-state index is 10.8. The summed E-state index contributed by atoms with van der Waals surface area (Å²) in [5.41, 5.74) is 15.2. The molecule has 3 rings (SSSR count). The maximum Gasteiger partial charge on any atom is 0.469 e. The molecule has 14 heteroatoms. The molecule has 0 aromatic carbocycles. The van der Waals surface area contributed by atoms with Gasteiger partial charge in [-0.15, -0.1) is 0 Å². The van der Waals surface area contributed by atoms with Crippen LogP contribution in [0.25, 0.3) is 21.6 Å². The minimum atomic E-state index is -4.66. The molecular weight excluding hydrogens is 343 g/mol. The topological polar surface area (TPSA) is 194 Å². The number of azide groups is 1. The molecule has 1 fully saturated rings. The van der Waals surface area contributed by atoms with Crippen LogP contribution in [0, 0.1) is 0 Å². The minimum Gasteiger partial charge on any atom is -0.382 e. The van der Waals surface area contributed by atoms with Crippen LogP contribution in [0.2, 0.25) is 0 Å². The van der Waals surface area contributed by atoms with Crippen LogP contribution < -0.4 is 5.73 Å². The summed E-state index contributed by atoms with van der Waals surface area (Å²) in [6.07, 6.45) is 1.57. The monoisotopic (exact) mass is 356 g/mol. The zero-order chi connectivity index (χ0) is 17.3. The smallest absolute Gasteiger partial charge is 0.382 e. The van der Waals surface area contributed by atoms with Crippen molar-refractivity contribution in [2.45, 2.75) is 24.8 Å². The number of imidazole rings is 1. The summed E-state index contributed by atoms with van der Waals surface area (Å²) >= 11 is 0. The Bertz CT molecular complexity index is 845. The van der Waals surface area contributed by atoms with Crippen LogP contribution in [0.3, 0.4) is 0 Å². The van der Waals surface area contributed by atoms with Gasteiger partial charge in [0.15, 0.2) is 11.5 Å². The van der Waals surface area contributed by atoms with E-state index in [2.05, 4.69) is 29.5 Å². The molecule has 0 bridgehead atoms. The highest BCUT2D eigenvalue weighted by Crippen LogP contribution is 2.39. The number of nitrogens with zero attached hydrogens (tertiary/aromatic N) is 7. The van der Waals surface area contributed by atoms with Crippen molar-refractivity contribution in [3.8, 4) is 0 Å². The second kappa shape index (κ2) is 6.32. The highest BCUT2D eigenvalue weighted by Gasteiger charge is 2.38. The molecule has 0 saturated carbocycles. The zero-order valence-corrected chi connectivity index (χ0v) is 13.0. The lowest BCUT2D eigenvalue weighted by Gasteiger charge is -2.16. The Balaban J connectivity index is 1.85. The van der Waals surface area contributed by atoms with Crippen molar-refractivity contribution < 1.29 is 23.6 Å². The van der Waals surface area contributed by atoms with E-state index in [-0.39, 0.29) is 12.2 Å². The molecule has 3 atom stereocenters. The number of phosphoric ester groups is 1. The summed E-state index contributed by atoms with van der Waals surface area (Å²) in [7, 11) is -4.66. The third-order valence-corrected chi connectivity index (χ3v) is 3.99. The first kappa shape index (κ1) is 16.6. The molecule has 4 N–H and O–H groups in total. The number of hydrogen-bond donors (Lipinski definition) is 3. The second-order valence-electron chi connectivity index (χ2n) is 5.01. The van der Waals surface area contributed by atoms with Gasteiger partial charge in [0.25, 0.3) is 0 Å². The van der Waals surface area contributed by atoms with Gasteiger partial charge < -0.3 is 20.3 Å². The van der Waals surface area contributed by atoms with Gasteiger partial charge in [0.2, 0.25) is 0 Å². The van der Waals surface area contributed by atoms with E-state index in [1.54, 1.807) is 4.57 Å². The molecular formula is C10H13N8O5P. The van der Waals surface area contributed by atoms with Crippen molar-refractivity contribution in [1.82, 2.24) is 19.5 Å². The molecule has 0 aliphatic carbocycles. The van der Waals surface area contributed by atoms with Gasteiger partial charge in [-0.2, -0.15) is 0 Å². The lowest BCUT2D eigenvalue weighted by Crippen LogP contribution is -2.24. The van der Waals surface area contributed by atoms with Gasteiger partial charge in [0.1, 0.15) is 18.1 Å². The van der Waals surface area contributed by atoms with Crippen LogP contribution in [0.1, 0.15) is 12.6 Å². The summed E-state index contributed by atoms with van der Waals surface area (Å²) in [6.45, 7) is -0.422. The quantitative estimate of drug-likeness (QED) is 0.295. The Morgan fingerprint density at radius 2 is 2.33 bits per heavy atom. The minimum absolute atomic E-state index is 0.213. The van der Waals surface area contributed by atoms with Gasteiger partial charge in [-0.25, -0.2) is 19.5 Å². The van der Waals surface area contributed by atoms with Crippen LogP contribution in [0.15, 0.2) is 17.8 Å². The Hall–Kier alpha value is -2.27. The van der Waals surface area contributed by atoms with Gasteiger partial charge >= 0.3 is 7.82 Å². The number of phosphoric acid groups is 1. The fourth-order valence-electron chi connectivity index (χ4n) is 2.48. The van der Waals surface area contributed by atoms with Crippen molar-refractivity contribution in [3.05, 3.63) is 23.1 Å². The van der Waals surface area contributed by atoms with E-state index >= 15 is 0 Å². The van der Waals surface area contributed by atoms with E-state index in [0.717, 1.165) is 0 Å². The van der Waals surface area contributed by atoms with Gasteiger partial charge in [-0.1, -0.05) is 5.11 Å². The average Bonchev–Trinajstić information content (AvgIpc) is 3.09. The summed E-state index contributed by atoms with van der Waals surface area (Å²) in [5.74, 6) is 0.213. The molecule has 0 radical (unpaired) electrons. The first-order chi connectivity index (χ1) is 11.4. The molecule has 13 nitrogen and oxygen atoms in total. The third kappa shape index (κ3) is 3.31. The molecule has 0 amide bonds. The standard InChI is InChI=1S/C10H13N8O5P/c11-9-8-10(14-3-13-9)18(4-15-8)7-1-5(16-17-12)6(23-7)2-22-24(19,20)21/h3-7H,1-2H2,(H2,11,13,14)(H2,19,20,21)/t5?,6-,7-/m1/s1. The number of ether oxygens (including phenoxy) is 1.